The van der Waals surface area contributed by atoms with Crippen LogP contribution < -0.4 is 5.73 Å². The van der Waals surface area contributed by atoms with Gasteiger partial charge in [-0.05, 0) is 52.5 Å². The lowest BCUT2D eigenvalue weighted by Crippen LogP contribution is -2.18. The summed E-state index contributed by atoms with van der Waals surface area (Å²) >= 11 is 0. The highest BCUT2D eigenvalue weighted by molar-refractivity contribution is 6.00. The Balaban J connectivity index is 2.42. The molecule has 0 radical (unpaired) electrons. The van der Waals surface area contributed by atoms with Gasteiger partial charge in [0.25, 0.3) is 0 Å². The van der Waals surface area contributed by atoms with Crippen LogP contribution in [0.2, 0.25) is 0 Å². The third-order valence-corrected chi connectivity index (χ3v) is 6.55. The average Bonchev–Trinajstić information content (AvgIpc) is 2.69. The fourth-order valence-corrected chi connectivity index (χ4v) is 3.71. The molecular formula is C25H32N2O2. The van der Waals surface area contributed by atoms with E-state index in [4.69, 9.17) is 10.7 Å². The van der Waals surface area contributed by atoms with Gasteiger partial charge in [-0.3, -0.25) is 4.98 Å². The van der Waals surface area contributed by atoms with Gasteiger partial charge in [-0.1, -0.05) is 59.7 Å². The van der Waals surface area contributed by atoms with E-state index in [1.165, 1.54) is 0 Å². The van der Waals surface area contributed by atoms with Gasteiger partial charge in [0.05, 0.1) is 5.69 Å². The zero-order valence-corrected chi connectivity index (χ0v) is 18.3. The van der Waals surface area contributed by atoms with Gasteiger partial charge in [-0.15, -0.1) is 0 Å². The van der Waals surface area contributed by atoms with E-state index in [9.17, 15) is 10.2 Å². The van der Waals surface area contributed by atoms with Gasteiger partial charge in [0, 0.05) is 17.1 Å². The number of nitrogens with two attached hydrogens (primary N) is 1. The average molecular weight is 393 g/mol. The van der Waals surface area contributed by atoms with Gasteiger partial charge in [-0.2, -0.15) is 0 Å². The molecule has 0 aliphatic carbocycles. The molecule has 0 atom stereocenters. The maximum atomic E-state index is 11.1. The summed E-state index contributed by atoms with van der Waals surface area (Å²) < 4.78 is 0. The molecule has 0 unspecified atom stereocenters. The molecule has 0 bridgehead atoms. The van der Waals surface area contributed by atoms with Gasteiger partial charge in [-0.25, -0.2) is 0 Å². The number of nitrogen functional groups attached to an aromatic ring is 1. The van der Waals surface area contributed by atoms with Crippen LogP contribution in [0.5, 0.6) is 11.5 Å². The fraction of sp³-hybridized carbons (Fsp3) is 0.400. The van der Waals surface area contributed by atoms with Crippen LogP contribution in [0, 0.1) is 0 Å². The van der Waals surface area contributed by atoms with Crippen LogP contribution in [0.3, 0.4) is 0 Å². The van der Waals surface area contributed by atoms with Gasteiger partial charge in [0.15, 0.2) is 0 Å². The maximum Gasteiger partial charge on any atom is 0.145 e. The highest BCUT2D eigenvalue weighted by Crippen LogP contribution is 2.44. The molecule has 3 aromatic rings. The van der Waals surface area contributed by atoms with Crippen LogP contribution >= 0.6 is 0 Å². The Bertz CT molecular complexity index is 1070. The maximum absolute atomic E-state index is 11.1. The molecule has 0 aliphatic heterocycles. The molecule has 0 aliphatic rings. The number of nitrogens with zero attached hydrogens (tertiary/aromatic N) is 1. The van der Waals surface area contributed by atoms with Crippen LogP contribution in [0.15, 0.2) is 36.5 Å². The third-order valence-electron chi connectivity index (χ3n) is 6.55. The number of phenolic OH excluding ortho intramolecular Hbond substituents is 2. The minimum atomic E-state index is -0.148. The Morgan fingerprint density at radius 3 is 2.10 bits per heavy atom. The van der Waals surface area contributed by atoms with Crippen molar-refractivity contribution in [1.29, 1.82) is 0 Å². The van der Waals surface area contributed by atoms with Gasteiger partial charge < -0.3 is 15.9 Å². The second kappa shape index (κ2) is 7.25. The molecule has 29 heavy (non-hydrogen) atoms. The molecule has 4 heteroatoms. The number of fused-ring (bicyclic) bond motifs is 1. The lowest BCUT2D eigenvalue weighted by atomic mass is 9.77. The quantitative estimate of drug-likeness (QED) is 0.353. The molecule has 0 amide bonds. The summed E-state index contributed by atoms with van der Waals surface area (Å²) in [6.45, 7) is 12.9. The Labute approximate surface area is 173 Å². The van der Waals surface area contributed by atoms with Crippen molar-refractivity contribution in [3.63, 3.8) is 0 Å². The number of aromatic hydroxyl groups is 2. The van der Waals surface area contributed by atoms with Crippen molar-refractivity contribution >= 4 is 16.6 Å². The Morgan fingerprint density at radius 1 is 0.897 bits per heavy atom. The minimum absolute atomic E-state index is 0.0678. The number of rotatable bonds is 5. The summed E-state index contributed by atoms with van der Waals surface area (Å²) in [5.41, 5.74) is 10.6. The molecule has 4 nitrogen and oxygen atoms in total. The van der Waals surface area contributed by atoms with Crippen molar-refractivity contribution < 1.29 is 10.2 Å². The van der Waals surface area contributed by atoms with Gasteiger partial charge in [0.1, 0.15) is 17.0 Å². The zero-order chi connectivity index (χ0) is 21.6. The summed E-state index contributed by atoms with van der Waals surface area (Å²) in [6.07, 6.45) is 3.73. The predicted octanol–water partition coefficient (Wildman–Crippen LogP) is 6.27. The van der Waals surface area contributed by atoms with Gasteiger partial charge >= 0.3 is 0 Å². The van der Waals surface area contributed by atoms with Crippen LogP contribution in [0.25, 0.3) is 22.0 Å². The number of pyridine rings is 1. The van der Waals surface area contributed by atoms with Crippen molar-refractivity contribution in [1.82, 2.24) is 4.98 Å². The summed E-state index contributed by atoms with van der Waals surface area (Å²) in [4.78, 5) is 4.70. The highest BCUT2D eigenvalue weighted by Gasteiger charge is 2.28. The van der Waals surface area contributed by atoms with Crippen LogP contribution in [0.1, 0.15) is 65.5 Å². The molecular weight excluding hydrogens is 360 g/mol. The van der Waals surface area contributed by atoms with E-state index in [2.05, 4.69) is 47.6 Å². The molecule has 1 heterocycles. The molecule has 0 saturated carbocycles. The monoisotopic (exact) mass is 392 g/mol. The number of anilines is 1. The lowest BCUT2D eigenvalue weighted by Gasteiger charge is -2.29. The van der Waals surface area contributed by atoms with Crippen molar-refractivity contribution in [2.45, 2.75) is 65.2 Å². The molecule has 2 aromatic carbocycles. The normalized spacial score (nSPS) is 12.5. The second-order valence-corrected chi connectivity index (χ2v) is 9.15. The molecule has 1 aromatic heterocycles. The number of aromatic nitrogens is 1. The first-order valence-corrected chi connectivity index (χ1v) is 10.3. The van der Waals surface area contributed by atoms with Crippen molar-refractivity contribution in [3.8, 4) is 22.6 Å². The Kier molecular flexibility index (Phi) is 5.24. The number of hydrogen-bond donors (Lipinski definition) is 3. The number of hydrogen-bond acceptors (Lipinski definition) is 4. The largest absolute Gasteiger partial charge is 0.506 e. The van der Waals surface area contributed by atoms with Crippen LogP contribution in [0.4, 0.5) is 5.69 Å². The first-order valence-electron chi connectivity index (χ1n) is 10.3. The van der Waals surface area contributed by atoms with E-state index in [-0.39, 0.29) is 22.3 Å². The van der Waals surface area contributed by atoms with Gasteiger partial charge in [0.2, 0.25) is 0 Å². The van der Waals surface area contributed by atoms with E-state index in [0.717, 1.165) is 40.5 Å². The standard InChI is InChI=1S/C25H32N2O2/c1-7-24(3,4)17-11-10-16-21(15-9-12-20(28)19(26)13-15)18(25(5,6)8-2)14-27-22(16)23(17)29/h9-14,28-29H,7-8,26H2,1-6H3. The predicted molar refractivity (Wildman–Crippen MR) is 122 cm³/mol. The van der Waals surface area contributed by atoms with E-state index in [1.54, 1.807) is 12.1 Å². The molecule has 0 saturated heterocycles. The van der Waals surface area contributed by atoms with Crippen molar-refractivity contribution in [3.05, 3.63) is 47.7 Å². The zero-order valence-electron chi connectivity index (χ0n) is 18.3. The first-order chi connectivity index (χ1) is 13.5. The highest BCUT2D eigenvalue weighted by atomic mass is 16.3. The summed E-state index contributed by atoms with van der Waals surface area (Å²) in [7, 11) is 0. The lowest BCUT2D eigenvalue weighted by molar-refractivity contribution is 0.432. The SMILES string of the molecule is CCC(C)(C)c1cnc2c(O)c(C(C)(C)CC)ccc2c1-c1ccc(O)c(N)c1. The molecule has 154 valence electrons. The van der Waals surface area contributed by atoms with Crippen molar-refractivity contribution in [2.75, 3.05) is 5.73 Å². The molecule has 0 fully saturated rings. The smallest absolute Gasteiger partial charge is 0.145 e. The number of phenols is 2. The minimum Gasteiger partial charge on any atom is -0.506 e. The van der Waals surface area contributed by atoms with Crippen molar-refractivity contribution in [2.24, 2.45) is 0 Å². The summed E-state index contributed by atoms with van der Waals surface area (Å²) in [6, 6.07) is 9.35. The molecule has 3 rings (SSSR count). The van der Waals surface area contributed by atoms with E-state index < -0.39 is 0 Å². The summed E-state index contributed by atoms with van der Waals surface area (Å²) in [5, 5.41) is 21.9. The van der Waals surface area contributed by atoms with Crippen LogP contribution in [-0.4, -0.2) is 15.2 Å². The fourth-order valence-electron chi connectivity index (χ4n) is 3.71. The summed E-state index contributed by atoms with van der Waals surface area (Å²) in [5.74, 6) is 0.307. The molecule has 0 spiro atoms. The Morgan fingerprint density at radius 2 is 1.52 bits per heavy atom. The topological polar surface area (TPSA) is 79.4 Å². The van der Waals surface area contributed by atoms with E-state index in [1.807, 2.05) is 18.3 Å². The first kappa shape index (κ1) is 21.0. The van der Waals surface area contributed by atoms with E-state index in [0.29, 0.717) is 11.2 Å². The molecule has 4 N–H and O–H groups in total. The third kappa shape index (κ3) is 3.52. The van der Waals surface area contributed by atoms with Crippen LogP contribution in [-0.2, 0) is 10.8 Å². The van der Waals surface area contributed by atoms with E-state index >= 15 is 0 Å². The Hall–Kier alpha value is -2.75. The number of benzene rings is 2. The second-order valence-electron chi connectivity index (χ2n) is 9.15.